The van der Waals surface area contributed by atoms with Crippen LogP contribution in [0.15, 0.2) is 18.3 Å². The molecule has 0 aliphatic heterocycles. The molecule has 1 rings (SSSR count). The van der Waals surface area contributed by atoms with Gasteiger partial charge in [-0.25, -0.2) is 4.98 Å². The average molecular weight is 171 g/mol. The molecule has 0 unspecified atom stereocenters. The Morgan fingerprint density at radius 1 is 1.33 bits per heavy atom. The minimum Gasteiger partial charge on any atom is -0.247 e. The van der Waals surface area contributed by atoms with Crippen molar-refractivity contribution >= 4 is 0 Å². The Hall–Kier alpha value is -1.50. The van der Waals surface area contributed by atoms with E-state index in [4.69, 9.17) is 6.42 Å². The minimum absolute atomic E-state index is 0.197. The molecule has 0 N–H and O–H groups in total. The van der Waals surface area contributed by atoms with Crippen molar-refractivity contribution in [3.63, 3.8) is 0 Å². The van der Waals surface area contributed by atoms with E-state index in [0.29, 0.717) is 0 Å². The zero-order chi connectivity index (χ0) is 9.19. The molecule has 62 valence electrons. The first-order valence-corrected chi connectivity index (χ1v) is 3.04. The molecule has 0 bridgehead atoms. The van der Waals surface area contributed by atoms with E-state index >= 15 is 0 Å². The monoisotopic (exact) mass is 171 g/mol. The summed E-state index contributed by atoms with van der Waals surface area (Å²) < 4.78 is 35.8. The Morgan fingerprint density at radius 2 is 2.00 bits per heavy atom. The van der Waals surface area contributed by atoms with Crippen LogP contribution in [0.5, 0.6) is 0 Å². The molecule has 4 heteroatoms. The lowest BCUT2D eigenvalue weighted by Crippen LogP contribution is -2.05. The summed E-state index contributed by atoms with van der Waals surface area (Å²) in [5, 5.41) is 0. The van der Waals surface area contributed by atoms with E-state index in [1.165, 1.54) is 0 Å². The Bertz CT molecular complexity index is 305. The maximum Gasteiger partial charge on any atom is 0.417 e. The predicted octanol–water partition coefficient (Wildman–Crippen LogP) is 2.08. The van der Waals surface area contributed by atoms with E-state index in [1.807, 2.05) is 0 Å². The van der Waals surface area contributed by atoms with Crippen LogP contribution in [-0.2, 0) is 6.18 Å². The number of hydrogen-bond acceptors (Lipinski definition) is 1. The molecule has 0 saturated carbocycles. The fourth-order valence-corrected chi connectivity index (χ4v) is 0.647. The molecule has 0 saturated heterocycles. The molecule has 0 radical (unpaired) electrons. The van der Waals surface area contributed by atoms with Crippen molar-refractivity contribution in [2.75, 3.05) is 0 Å². The number of alkyl halides is 3. The van der Waals surface area contributed by atoms with Crippen LogP contribution < -0.4 is 0 Å². The van der Waals surface area contributed by atoms with Crippen molar-refractivity contribution in [3.8, 4) is 12.3 Å². The van der Waals surface area contributed by atoms with Crippen molar-refractivity contribution in [2.45, 2.75) is 6.18 Å². The second kappa shape index (κ2) is 2.86. The van der Waals surface area contributed by atoms with Crippen LogP contribution in [0.3, 0.4) is 0 Å². The Morgan fingerprint density at radius 3 is 2.33 bits per heavy atom. The molecule has 0 atom stereocenters. The van der Waals surface area contributed by atoms with E-state index in [1.54, 1.807) is 0 Å². The van der Waals surface area contributed by atoms with Gasteiger partial charge in [-0.15, -0.1) is 6.42 Å². The van der Waals surface area contributed by atoms with Gasteiger partial charge in [0.15, 0.2) is 0 Å². The van der Waals surface area contributed by atoms with Crippen LogP contribution in [0.25, 0.3) is 0 Å². The topological polar surface area (TPSA) is 12.9 Å². The number of nitrogens with zero attached hydrogens (tertiary/aromatic N) is 1. The summed E-state index contributed by atoms with van der Waals surface area (Å²) in [4.78, 5) is 3.41. The Balaban J connectivity index is 3.02. The number of terminal acetylenes is 1. The molecule has 1 aromatic heterocycles. The normalized spacial score (nSPS) is 10.8. The maximum atomic E-state index is 11.9. The first-order valence-electron chi connectivity index (χ1n) is 3.04. The summed E-state index contributed by atoms with van der Waals surface area (Å²) in [7, 11) is 0. The largest absolute Gasteiger partial charge is 0.417 e. The summed E-state index contributed by atoms with van der Waals surface area (Å²) >= 11 is 0. The molecule has 1 heterocycles. The van der Waals surface area contributed by atoms with Crippen molar-refractivity contribution in [2.24, 2.45) is 0 Å². The zero-order valence-corrected chi connectivity index (χ0v) is 5.89. The van der Waals surface area contributed by atoms with Crippen LogP contribution >= 0.6 is 0 Å². The predicted molar refractivity (Wildman–Crippen MR) is 37.2 cm³/mol. The number of aromatic nitrogens is 1. The summed E-state index contributed by atoms with van der Waals surface area (Å²) in [6.07, 6.45) is 1.29. The van der Waals surface area contributed by atoms with Crippen LogP contribution in [0.1, 0.15) is 11.3 Å². The third-order valence-corrected chi connectivity index (χ3v) is 1.24. The summed E-state index contributed by atoms with van der Waals surface area (Å²) in [5.74, 6) is 2.13. The molecule has 0 aliphatic rings. The number of halogens is 3. The van der Waals surface area contributed by atoms with Crippen LogP contribution in [0, 0.1) is 12.3 Å². The maximum absolute atomic E-state index is 11.9. The molecule has 1 aromatic rings. The molecular formula is C8H4F3N. The van der Waals surface area contributed by atoms with Crippen molar-refractivity contribution in [1.29, 1.82) is 0 Å². The van der Waals surface area contributed by atoms with Gasteiger partial charge < -0.3 is 0 Å². The Labute approximate surface area is 67.2 Å². The Kier molecular flexibility index (Phi) is 2.05. The zero-order valence-electron chi connectivity index (χ0n) is 5.89. The van der Waals surface area contributed by atoms with E-state index in [2.05, 4.69) is 10.9 Å². The highest BCUT2D eigenvalue weighted by Gasteiger charge is 2.30. The lowest BCUT2D eigenvalue weighted by molar-refractivity contribution is -0.137. The standard InChI is InChI=1S/C8H4F3N/c1-2-7-4-3-6(5-12-7)8(9,10)11/h1,3-5H. The fourth-order valence-electron chi connectivity index (χ4n) is 0.647. The van der Waals surface area contributed by atoms with E-state index in [0.717, 1.165) is 18.3 Å². The SMILES string of the molecule is C#Cc1ccc(C(F)(F)F)cn1. The molecule has 1 nitrogen and oxygen atoms in total. The third kappa shape index (κ3) is 1.76. The summed E-state index contributed by atoms with van der Waals surface area (Å²) in [6.45, 7) is 0. The van der Waals surface area contributed by atoms with E-state index in [-0.39, 0.29) is 5.69 Å². The first-order chi connectivity index (χ1) is 5.54. The van der Waals surface area contributed by atoms with Gasteiger partial charge in [0.1, 0.15) is 5.69 Å². The van der Waals surface area contributed by atoms with Crippen molar-refractivity contribution in [1.82, 2.24) is 4.98 Å². The van der Waals surface area contributed by atoms with Crippen LogP contribution in [0.2, 0.25) is 0 Å². The second-order valence-corrected chi connectivity index (χ2v) is 2.07. The summed E-state index contributed by atoms with van der Waals surface area (Å²) in [6, 6.07) is 2.06. The molecule has 0 aromatic carbocycles. The van der Waals surface area contributed by atoms with E-state index < -0.39 is 11.7 Å². The molecular weight excluding hydrogens is 167 g/mol. The molecule has 0 fully saturated rings. The second-order valence-electron chi connectivity index (χ2n) is 2.07. The van der Waals surface area contributed by atoms with Crippen molar-refractivity contribution in [3.05, 3.63) is 29.6 Å². The van der Waals surface area contributed by atoms with E-state index in [9.17, 15) is 13.2 Å². The van der Waals surface area contributed by atoms with Crippen LogP contribution in [-0.4, -0.2) is 4.98 Å². The van der Waals surface area contributed by atoms with Gasteiger partial charge in [0.05, 0.1) is 5.56 Å². The molecule has 0 spiro atoms. The van der Waals surface area contributed by atoms with Gasteiger partial charge in [-0.3, -0.25) is 0 Å². The number of rotatable bonds is 0. The van der Waals surface area contributed by atoms with Gasteiger partial charge in [-0.05, 0) is 12.1 Å². The van der Waals surface area contributed by atoms with Gasteiger partial charge in [0, 0.05) is 6.20 Å². The van der Waals surface area contributed by atoms with Gasteiger partial charge >= 0.3 is 6.18 Å². The minimum atomic E-state index is -4.35. The fraction of sp³-hybridized carbons (Fsp3) is 0.125. The third-order valence-electron chi connectivity index (χ3n) is 1.24. The van der Waals surface area contributed by atoms with Gasteiger partial charge in [0.2, 0.25) is 0 Å². The lowest BCUT2D eigenvalue weighted by Gasteiger charge is -2.04. The lowest BCUT2D eigenvalue weighted by atomic mass is 10.2. The first kappa shape index (κ1) is 8.60. The molecule has 12 heavy (non-hydrogen) atoms. The molecule has 0 aliphatic carbocycles. The van der Waals surface area contributed by atoms with Crippen molar-refractivity contribution < 1.29 is 13.2 Å². The summed E-state index contributed by atoms with van der Waals surface area (Å²) in [5.41, 5.74) is -0.593. The highest BCUT2D eigenvalue weighted by atomic mass is 19.4. The highest BCUT2D eigenvalue weighted by molar-refractivity contribution is 5.27. The van der Waals surface area contributed by atoms with Gasteiger partial charge in [0.25, 0.3) is 0 Å². The number of hydrogen-bond donors (Lipinski definition) is 0. The average Bonchev–Trinajstić information content (AvgIpc) is 2.03. The number of pyridine rings is 1. The smallest absolute Gasteiger partial charge is 0.247 e. The van der Waals surface area contributed by atoms with Gasteiger partial charge in [-0.2, -0.15) is 13.2 Å². The highest BCUT2D eigenvalue weighted by Crippen LogP contribution is 2.28. The van der Waals surface area contributed by atoms with Crippen LogP contribution in [0.4, 0.5) is 13.2 Å². The quantitative estimate of drug-likeness (QED) is 0.544. The molecule has 0 amide bonds. The van der Waals surface area contributed by atoms with Gasteiger partial charge in [-0.1, -0.05) is 5.92 Å².